The van der Waals surface area contributed by atoms with E-state index in [9.17, 15) is 9.59 Å². The van der Waals surface area contributed by atoms with E-state index < -0.39 is 5.91 Å². The number of hydrogen-bond donors (Lipinski definition) is 1. The van der Waals surface area contributed by atoms with Gasteiger partial charge in [-0.3, -0.25) is 9.59 Å². The molecule has 1 unspecified atom stereocenters. The van der Waals surface area contributed by atoms with E-state index in [2.05, 4.69) is 6.07 Å². The standard InChI is InChI=1S/C26H26N2O4/c1-31-24-6-2-4-18(17-24)16-21-5-3-15-28(21)26(30)20-9-13-23(14-10-20)32-22-11-7-19(8-12-22)25(27)29/h2,4,6-14,17,21H,3,5,15-16H2,1H3,(H2,27,29). The molecule has 2 amide bonds. The molecule has 1 fully saturated rings. The van der Waals surface area contributed by atoms with Crippen LogP contribution in [0, 0.1) is 0 Å². The number of nitrogens with two attached hydrogens (primary N) is 1. The lowest BCUT2D eigenvalue weighted by Crippen LogP contribution is -2.36. The Morgan fingerprint density at radius 1 is 0.938 bits per heavy atom. The lowest BCUT2D eigenvalue weighted by atomic mass is 10.0. The number of hydrogen-bond acceptors (Lipinski definition) is 4. The Labute approximate surface area is 187 Å². The fourth-order valence-corrected chi connectivity index (χ4v) is 4.04. The van der Waals surface area contributed by atoms with Gasteiger partial charge in [0.05, 0.1) is 7.11 Å². The van der Waals surface area contributed by atoms with E-state index in [4.69, 9.17) is 15.2 Å². The molecule has 1 atom stereocenters. The van der Waals surface area contributed by atoms with Crippen LogP contribution in [0.15, 0.2) is 72.8 Å². The molecule has 3 aromatic rings. The van der Waals surface area contributed by atoms with E-state index in [1.807, 2.05) is 23.1 Å². The average molecular weight is 431 g/mol. The van der Waals surface area contributed by atoms with Gasteiger partial charge in [0, 0.05) is 23.7 Å². The molecular formula is C26H26N2O4. The molecule has 164 valence electrons. The largest absolute Gasteiger partial charge is 0.497 e. The third kappa shape index (κ3) is 4.91. The van der Waals surface area contributed by atoms with Crippen LogP contribution in [0.5, 0.6) is 17.2 Å². The number of rotatable bonds is 7. The predicted octanol–water partition coefficient (Wildman–Crippen LogP) is 4.43. The summed E-state index contributed by atoms with van der Waals surface area (Å²) < 4.78 is 11.1. The van der Waals surface area contributed by atoms with Crippen molar-refractivity contribution in [2.45, 2.75) is 25.3 Å². The molecule has 1 aliphatic heterocycles. The number of likely N-dealkylation sites (tertiary alicyclic amines) is 1. The number of nitrogens with zero attached hydrogens (tertiary/aromatic N) is 1. The maximum Gasteiger partial charge on any atom is 0.254 e. The molecule has 0 aromatic heterocycles. The number of ether oxygens (including phenoxy) is 2. The zero-order chi connectivity index (χ0) is 22.5. The van der Waals surface area contributed by atoms with Gasteiger partial charge in [0.1, 0.15) is 17.2 Å². The van der Waals surface area contributed by atoms with E-state index in [0.29, 0.717) is 22.6 Å². The molecular weight excluding hydrogens is 404 g/mol. The minimum atomic E-state index is -0.481. The third-order valence-electron chi connectivity index (χ3n) is 5.72. The zero-order valence-corrected chi connectivity index (χ0v) is 18.0. The number of amides is 2. The van der Waals surface area contributed by atoms with Gasteiger partial charge in [-0.25, -0.2) is 0 Å². The Kier molecular flexibility index (Phi) is 6.40. The van der Waals surface area contributed by atoms with Crippen LogP contribution >= 0.6 is 0 Å². The van der Waals surface area contributed by atoms with Crippen molar-refractivity contribution < 1.29 is 19.1 Å². The maximum atomic E-state index is 13.2. The Balaban J connectivity index is 1.41. The molecule has 1 saturated heterocycles. The highest BCUT2D eigenvalue weighted by atomic mass is 16.5. The van der Waals surface area contributed by atoms with Crippen LogP contribution in [0.2, 0.25) is 0 Å². The fraction of sp³-hybridized carbons (Fsp3) is 0.231. The van der Waals surface area contributed by atoms with Crippen molar-refractivity contribution in [3.05, 3.63) is 89.5 Å². The summed E-state index contributed by atoms with van der Waals surface area (Å²) in [4.78, 5) is 26.3. The van der Waals surface area contributed by atoms with Crippen molar-refractivity contribution in [3.8, 4) is 17.2 Å². The van der Waals surface area contributed by atoms with E-state index >= 15 is 0 Å². The first kappa shape index (κ1) is 21.4. The summed E-state index contributed by atoms with van der Waals surface area (Å²) >= 11 is 0. The highest BCUT2D eigenvalue weighted by Crippen LogP contribution is 2.27. The number of benzene rings is 3. The summed E-state index contributed by atoms with van der Waals surface area (Å²) in [5.74, 6) is 1.59. The highest BCUT2D eigenvalue weighted by molar-refractivity contribution is 5.95. The van der Waals surface area contributed by atoms with Crippen molar-refractivity contribution in [1.29, 1.82) is 0 Å². The van der Waals surface area contributed by atoms with Crippen LogP contribution in [-0.4, -0.2) is 36.4 Å². The molecule has 6 nitrogen and oxygen atoms in total. The highest BCUT2D eigenvalue weighted by Gasteiger charge is 2.29. The van der Waals surface area contributed by atoms with Crippen LogP contribution in [0.1, 0.15) is 39.1 Å². The van der Waals surface area contributed by atoms with Crippen LogP contribution < -0.4 is 15.2 Å². The second-order valence-electron chi connectivity index (χ2n) is 7.87. The first-order valence-electron chi connectivity index (χ1n) is 10.6. The number of primary amides is 1. The molecule has 0 radical (unpaired) electrons. The Bertz CT molecular complexity index is 1090. The van der Waals surface area contributed by atoms with Crippen LogP contribution in [0.4, 0.5) is 0 Å². The van der Waals surface area contributed by atoms with Crippen molar-refractivity contribution in [1.82, 2.24) is 4.90 Å². The molecule has 3 aromatic carbocycles. The van der Waals surface area contributed by atoms with Gasteiger partial charge in [0.15, 0.2) is 0 Å². The fourth-order valence-electron chi connectivity index (χ4n) is 4.04. The molecule has 32 heavy (non-hydrogen) atoms. The normalized spacial score (nSPS) is 15.4. The van der Waals surface area contributed by atoms with Gasteiger partial charge in [-0.15, -0.1) is 0 Å². The number of carbonyl (C=O) groups is 2. The zero-order valence-electron chi connectivity index (χ0n) is 18.0. The third-order valence-corrected chi connectivity index (χ3v) is 5.72. The maximum absolute atomic E-state index is 13.2. The SMILES string of the molecule is COc1cccc(CC2CCCN2C(=O)c2ccc(Oc3ccc(C(N)=O)cc3)cc2)c1. The minimum Gasteiger partial charge on any atom is -0.497 e. The molecule has 0 saturated carbocycles. The van der Waals surface area contributed by atoms with E-state index in [1.54, 1.807) is 55.6 Å². The molecule has 1 heterocycles. The molecule has 0 bridgehead atoms. The molecule has 0 aliphatic carbocycles. The number of methoxy groups -OCH3 is 1. The summed E-state index contributed by atoms with van der Waals surface area (Å²) in [5, 5.41) is 0. The van der Waals surface area contributed by atoms with E-state index in [1.165, 1.54) is 5.56 Å². The average Bonchev–Trinajstić information content (AvgIpc) is 3.27. The lowest BCUT2D eigenvalue weighted by Gasteiger charge is -2.25. The van der Waals surface area contributed by atoms with Gasteiger partial charge < -0.3 is 20.1 Å². The topological polar surface area (TPSA) is 81.9 Å². The summed E-state index contributed by atoms with van der Waals surface area (Å²) in [6.45, 7) is 0.762. The predicted molar refractivity (Wildman–Crippen MR) is 122 cm³/mol. The van der Waals surface area contributed by atoms with Crippen LogP contribution in [0.3, 0.4) is 0 Å². The summed E-state index contributed by atoms with van der Waals surface area (Å²) in [5.41, 5.74) is 7.49. The van der Waals surface area contributed by atoms with Gasteiger partial charge in [-0.1, -0.05) is 12.1 Å². The van der Waals surface area contributed by atoms with Gasteiger partial charge in [0.2, 0.25) is 5.91 Å². The monoisotopic (exact) mass is 430 g/mol. The second-order valence-corrected chi connectivity index (χ2v) is 7.87. The smallest absolute Gasteiger partial charge is 0.254 e. The van der Waals surface area contributed by atoms with Gasteiger partial charge >= 0.3 is 0 Å². The van der Waals surface area contributed by atoms with Gasteiger partial charge in [-0.05, 0) is 85.5 Å². The molecule has 2 N–H and O–H groups in total. The van der Waals surface area contributed by atoms with Crippen molar-refractivity contribution >= 4 is 11.8 Å². The Hall–Kier alpha value is -3.80. The van der Waals surface area contributed by atoms with Crippen molar-refractivity contribution in [2.24, 2.45) is 5.73 Å². The van der Waals surface area contributed by atoms with Crippen molar-refractivity contribution in [3.63, 3.8) is 0 Å². The lowest BCUT2D eigenvalue weighted by molar-refractivity contribution is 0.0736. The second kappa shape index (κ2) is 9.56. The number of carbonyl (C=O) groups excluding carboxylic acids is 2. The Morgan fingerprint density at radius 3 is 2.22 bits per heavy atom. The van der Waals surface area contributed by atoms with Crippen LogP contribution in [-0.2, 0) is 6.42 Å². The van der Waals surface area contributed by atoms with E-state index in [0.717, 1.165) is 31.6 Å². The van der Waals surface area contributed by atoms with Crippen LogP contribution in [0.25, 0.3) is 0 Å². The minimum absolute atomic E-state index is 0.0350. The quantitative estimate of drug-likeness (QED) is 0.601. The molecule has 0 spiro atoms. The molecule has 1 aliphatic rings. The first-order chi connectivity index (χ1) is 15.5. The first-order valence-corrected chi connectivity index (χ1v) is 10.6. The summed E-state index contributed by atoms with van der Waals surface area (Å²) in [7, 11) is 1.66. The summed E-state index contributed by atoms with van der Waals surface area (Å²) in [6, 6.07) is 21.9. The van der Waals surface area contributed by atoms with E-state index in [-0.39, 0.29) is 11.9 Å². The van der Waals surface area contributed by atoms with Crippen molar-refractivity contribution in [2.75, 3.05) is 13.7 Å². The Morgan fingerprint density at radius 2 is 1.59 bits per heavy atom. The molecule has 4 rings (SSSR count). The summed E-state index contributed by atoms with van der Waals surface area (Å²) in [6.07, 6.45) is 2.81. The van der Waals surface area contributed by atoms with Gasteiger partial charge in [-0.2, -0.15) is 0 Å². The van der Waals surface area contributed by atoms with Gasteiger partial charge in [0.25, 0.3) is 5.91 Å². The molecule has 6 heteroatoms.